The van der Waals surface area contributed by atoms with Crippen LogP contribution < -0.4 is 5.32 Å². The lowest BCUT2D eigenvalue weighted by Gasteiger charge is -2.14. The minimum absolute atomic E-state index is 0.205. The quantitative estimate of drug-likeness (QED) is 0.575. The summed E-state index contributed by atoms with van der Waals surface area (Å²) in [4.78, 5) is 15.1. The molecule has 0 saturated heterocycles. The smallest absolute Gasteiger partial charge is 0.256 e. The molecule has 0 spiro atoms. The summed E-state index contributed by atoms with van der Waals surface area (Å²) in [6.45, 7) is 8.85. The maximum atomic E-state index is 12.8. The van der Waals surface area contributed by atoms with E-state index in [4.69, 9.17) is 11.6 Å². The van der Waals surface area contributed by atoms with Gasteiger partial charge < -0.3 is 10.2 Å². The van der Waals surface area contributed by atoms with Gasteiger partial charge in [-0.15, -0.1) is 0 Å². The summed E-state index contributed by atoms with van der Waals surface area (Å²) in [5, 5.41) is 7.83. The van der Waals surface area contributed by atoms with Gasteiger partial charge in [0.1, 0.15) is 5.15 Å². The molecule has 30 heavy (non-hydrogen) atoms. The molecule has 0 radical (unpaired) electrons. The summed E-state index contributed by atoms with van der Waals surface area (Å²) >= 11 is 6.52. The number of nitrogens with zero attached hydrogens (tertiary/aromatic N) is 3. The van der Waals surface area contributed by atoms with Crippen molar-refractivity contribution in [3.8, 4) is 0 Å². The van der Waals surface area contributed by atoms with Crippen molar-refractivity contribution in [3.63, 3.8) is 0 Å². The van der Waals surface area contributed by atoms with E-state index in [1.165, 1.54) is 11.1 Å². The molecule has 5 nitrogen and oxygen atoms in total. The van der Waals surface area contributed by atoms with Crippen molar-refractivity contribution in [3.05, 3.63) is 87.2 Å². The van der Waals surface area contributed by atoms with Crippen LogP contribution in [-0.4, -0.2) is 34.2 Å². The van der Waals surface area contributed by atoms with Gasteiger partial charge in [-0.1, -0.05) is 72.6 Å². The van der Waals surface area contributed by atoms with Gasteiger partial charge in [0.25, 0.3) is 5.91 Å². The maximum absolute atomic E-state index is 12.8. The van der Waals surface area contributed by atoms with E-state index in [1.807, 2.05) is 31.2 Å². The Hall–Kier alpha value is -2.63. The first-order chi connectivity index (χ1) is 14.4. The third kappa shape index (κ3) is 5.49. The van der Waals surface area contributed by atoms with Gasteiger partial charge >= 0.3 is 0 Å². The van der Waals surface area contributed by atoms with Crippen LogP contribution in [0.1, 0.15) is 45.2 Å². The molecule has 0 unspecified atom stereocenters. The molecule has 0 aliphatic carbocycles. The number of halogens is 1. The lowest BCUT2D eigenvalue weighted by atomic mass is 10.1. The predicted octanol–water partition coefficient (Wildman–Crippen LogP) is 4.58. The van der Waals surface area contributed by atoms with Crippen molar-refractivity contribution >= 4 is 17.5 Å². The van der Waals surface area contributed by atoms with Crippen molar-refractivity contribution in [2.45, 2.75) is 40.4 Å². The molecular formula is C24H29ClN4O. The van der Waals surface area contributed by atoms with Gasteiger partial charge in [-0.05, 0) is 44.1 Å². The standard InChI is InChI=1S/C24H29ClN4O/c1-5-28(4)15-21-8-6-7-20(13-21)14-26-24(30)22-18(3)27-29(23(22)25)16-19-11-9-17(2)10-12-19/h6-13H,5,14-16H2,1-4H3,(H,26,30). The fraction of sp³-hybridized carbons (Fsp3) is 0.333. The molecule has 1 amide bonds. The van der Waals surface area contributed by atoms with E-state index in [2.05, 4.69) is 60.5 Å². The number of benzene rings is 2. The third-order valence-electron chi connectivity index (χ3n) is 5.18. The van der Waals surface area contributed by atoms with Crippen molar-refractivity contribution < 1.29 is 4.79 Å². The number of amides is 1. The topological polar surface area (TPSA) is 50.2 Å². The first kappa shape index (κ1) is 22.1. The highest BCUT2D eigenvalue weighted by molar-refractivity contribution is 6.33. The number of carbonyl (C=O) groups is 1. The highest BCUT2D eigenvalue weighted by Crippen LogP contribution is 2.21. The summed E-state index contributed by atoms with van der Waals surface area (Å²) in [7, 11) is 2.09. The molecule has 158 valence electrons. The van der Waals surface area contributed by atoms with Crippen LogP contribution >= 0.6 is 11.6 Å². The van der Waals surface area contributed by atoms with E-state index < -0.39 is 0 Å². The average Bonchev–Trinajstić information content (AvgIpc) is 3.01. The van der Waals surface area contributed by atoms with Gasteiger partial charge in [-0.25, -0.2) is 4.68 Å². The van der Waals surface area contributed by atoms with E-state index >= 15 is 0 Å². The fourth-order valence-corrected chi connectivity index (χ4v) is 3.63. The van der Waals surface area contributed by atoms with Gasteiger partial charge in [0.05, 0.1) is 17.8 Å². The summed E-state index contributed by atoms with van der Waals surface area (Å²) < 4.78 is 1.68. The van der Waals surface area contributed by atoms with Gasteiger partial charge in [0.15, 0.2) is 0 Å². The van der Waals surface area contributed by atoms with Gasteiger partial charge in [0, 0.05) is 13.1 Å². The van der Waals surface area contributed by atoms with Crippen molar-refractivity contribution in [1.29, 1.82) is 0 Å². The monoisotopic (exact) mass is 424 g/mol. The van der Waals surface area contributed by atoms with E-state index in [0.717, 1.165) is 24.2 Å². The Kier molecular flexibility index (Phi) is 7.29. The first-order valence-corrected chi connectivity index (χ1v) is 10.6. The Morgan fingerprint density at radius 2 is 1.80 bits per heavy atom. The minimum Gasteiger partial charge on any atom is -0.348 e. The van der Waals surface area contributed by atoms with Crippen molar-refractivity contribution in [2.24, 2.45) is 0 Å². The molecule has 2 aromatic carbocycles. The molecule has 1 heterocycles. The molecular weight excluding hydrogens is 396 g/mol. The van der Waals surface area contributed by atoms with E-state index in [1.54, 1.807) is 4.68 Å². The van der Waals surface area contributed by atoms with Gasteiger partial charge in [-0.2, -0.15) is 5.10 Å². The van der Waals surface area contributed by atoms with Gasteiger partial charge in [-0.3, -0.25) is 4.79 Å². The number of aryl methyl sites for hydroxylation is 2. The zero-order valence-corrected chi connectivity index (χ0v) is 18.8. The van der Waals surface area contributed by atoms with Gasteiger partial charge in [0.2, 0.25) is 0 Å². The van der Waals surface area contributed by atoms with Crippen LogP contribution in [0.25, 0.3) is 0 Å². The molecule has 1 N–H and O–H groups in total. The van der Waals surface area contributed by atoms with Crippen LogP contribution in [0.3, 0.4) is 0 Å². The first-order valence-electron chi connectivity index (χ1n) is 10.2. The highest BCUT2D eigenvalue weighted by Gasteiger charge is 2.20. The molecule has 1 aromatic heterocycles. The van der Waals surface area contributed by atoms with Crippen LogP contribution in [0.5, 0.6) is 0 Å². The normalized spacial score (nSPS) is 11.1. The molecule has 0 aliphatic rings. The second kappa shape index (κ2) is 9.92. The predicted molar refractivity (Wildman–Crippen MR) is 122 cm³/mol. The molecule has 0 aliphatic heterocycles. The van der Waals surface area contributed by atoms with Crippen LogP contribution in [0, 0.1) is 13.8 Å². The second-order valence-corrected chi connectivity index (χ2v) is 8.09. The Labute approximate surface area is 183 Å². The molecule has 3 rings (SSSR count). The fourth-order valence-electron chi connectivity index (χ4n) is 3.31. The Balaban J connectivity index is 1.68. The summed E-state index contributed by atoms with van der Waals surface area (Å²) in [6.07, 6.45) is 0. The Morgan fingerprint density at radius 3 is 2.50 bits per heavy atom. The number of hydrogen-bond acceptors (Lipinski definition) is 3. The molecule has 0 atom stereocenters. The van der Waals surface area contributed by atoms with Crippen LogP contribution in [-0.2, 0) is 19.6 Å². The zero-order chi connectivity index (χ0) is 21.7. The van der Waals surface area contributed by atoms with Crippen LogP contribution in [0.15, 0.2) is 48.5 Å². The maximum Gasteiger partial charge on any atom is 0.256 e. The number of aromatic nitrogens is 2. The highest BCUT2D eigenvalue weighted by atomic mass is 35.5. The molecule has 3 aromatic rings. The third-order valence-corrected chi connectivity index (χ3v) is 5.57. The number of carbonyl (C=O) groups excluding carboxylic acids is 1. The van der Waals surface area contributed by atoms with E-state index in [-0.39, 0.29) is 5.91 Å². The van der Waals surface area contributed by atoms with Crippen molar-refractivity contribution in [2.75, 3.05) is 13.6 Å². The van der Waals surface area contributed by atoms with Crippen LogP contribution in [0.4, 0.5) is 0 Å². The van der Waals surface area contributed by atoms with E-state index in [9.17, 15) is 4.79 Å². The molecule has 0 bridgehead atoms. The molecule has 0 fully saturated rings. The molecule has 0 saturated carbocycles. The summed E-state index contributed by atoms with van der Waals surface area (Å²) in [6, 6.07) is 16.5. The lowest BCUT2D eigenvalue weighted by Crippen LogP contribution is -2.24. The lowest BCUT2D eigenvalue weighted by molar-refractivity contribution is 0.0950. The molecule has 6 heteroatoms. The zero-order valence-electron chi connectivity index (χ0n) is 18.1. The van der Waals surface area contributed by atoms with Crippen LogP contribution in [0.2, 0.25) is 5.15 Å². The second-order valence-electron chi connectivity index (χ2n) is 7.73. The largest absolute Gasteiger partial charge is 0.348 e. The SMILES string of the molecule is CCN(C)Cc1cccc(CNC(=O)c2c(C)nn(Cc3ccc(C)cc3)c2Cl)c1. The Morgan fingerprint density at radius 1 is 1.10 bits per heavy atom. The minimum atomic E-state index is -0.205. The number of rotatable bonds is 8. The average molecular weight is 425 g/mol. The summed E-state index contributed by atoms with van der Waals surface area (Å²) in [5.41, 5.74) is 5.64. The number of nitrogens with one attached hydrogen (secondary N) is 1. The number of hydrogen-bond donors (Lipinski definition) is 1. The van der Waals surface area contributed by atoms with Crippen molar-refractivity contribution in [1.82, 2.24) is 20.0 Å². The van der Waals surface area contributed by atoms with E-state index in [0.29, 0.717) is 29.5 Å². The summed E-state index contributed by atoms with van der Waals surface area (Å²) in [5.74, 6) is -0.205. The Bertz CT molecular complexity index is 1010.